The first-order chi connectivity index (χ1) is 9.34. The fraction of sp³-hybridized carbons (Fsp3) is 0.312. The van der Waals surface area contributed by atoms with Crippen molar-refractivity contribution in [3.63, 3.8) is 0 Å². The van der Waals surface area contributed by atoms with E-state index in [0.717, 1.165) is 47.5 Å². The molecule has 3 rings (SSSR count). The summed E-state index contributed by atoms with van der Waals surface area (Å²) >= 11 is 0. The Balaban J connectivity index is 0.00000147. The fourth-order valence-electron chi connectivity index (χ4n) is 2.73. The Bertz CT molecular complexity index is 554. The van der Waals surface area contributed by atoms with Gasteiger partial charge in [-0.15, -0.1) is 12.4 Å². The molecule has 106 valence electrons. The summed E-state index contributed by atoms with van der Waals surface area (Å²) in [5, 5.41) is 15.5. The maximum atomic E-state index is 12.2. The molecule has 4 heteroatoms. The zero-order chi connectivity index (χ0) is 13.1. The molecule has 0 saturated carbocycles. The number of hydrogen-bond donors (Lipinski definition) is 1. The highest BCUT2D eigenvalue weighted by molar-refractivity contribution is 5.85. The molecule has 0 spiro atoms. The van der Waals surface area contributed by atoms with Gasteiger partial charge in [0.1, 0.15) is 0 Å². The van der Waals surface area contributed by atoms with E-state index in [1.54, 1.807) is 6.20 Å². The van der Waals surface area contributed by atoms with Crippen molar-refractivity contribution >= 4 is 12.4 Å². The number of halogens is 1. The predicted octanol–water partition coefficient (Wildman–Crippen LogP) is 2.88. The molecule has 0 amide bonds. The standard InChI is InChI=1S/C16H18N2O.ClH/c19-18-12-15(13-4-2-1-3-5-13)6-7-16(18)14-8-10-17-11-9-14;/h1-7,12,14,17H,8-11H2;1H. The normalized spacial score (nSPS) is 15.6. The van der Waals surface area contributed by atoms with Gasteiger partial charge in [0.05, 0.1) is 0 Å². The van der Waals surface area contributed by atoms with Crippen LogP contribution in [0.4, 0.5) is 0 Å². The van der Waals surface area contributed by atoms with Gasteiger partial charge >= 0.3 is 0 Å². The summed E-state index contributed by atoms with van der Waals surface area (Å²) < 4.78 is 1.05. The minimum atomic E-state index is 0. The van der Waals surface area contributed by atoms with Crippen LogP contribution in [0, 0.1) is 5.21 Å². The van der Waals surface area contributed by atoms with Crippen molar-refractivity contribution < 1.29 is 4.73 Å². The number of aromatic nitrogens is 1. The van der Waals surface area contributed by atoms with Gasteiger partial charge in [0.25, 0.3) is 0 Å². The van der Waals surface area contributed by atoms with E-state index in [9.17, 15) is 5.21 Å². The van der Waals surface area contributed by atoms with Crippen LogP contribution in [0.25, 0.3) is 11.1 Å². The Hall–Kier alpha value is -1.58. The molecule has 1 aromatic heterocycles. The van der Waals surface area contributed by atoms with Crippen molar-refractivity contribution in [3.05, 3.63) is 59.6 Å². The topological polar surface area (TPSA) is 39.0 Å². The zero-order valence-electron chi connectivity index (χ0n) is 11.3. The van der Waals surface area contributed by atoms with Crippen molar-refractivity contribution in [2.24, 2.45) is 0 Å². The van der Waals surface area contributed by atoms with E-state index in [-0.39, 0.29) is 12.4 Å². The minimum absolute atomic E-state index is 0. The summed E-state index contributed by atoms with van der Waals surface area (Å²) in [5.74, 6) is 0.392. The van der Waals surface area contributed by atoms with E-state index in [4.69, 9.17) is 0 Å². The molecular formula is C16H19ClN2O. The van der Waals surface area contributed by atoms with Crippen molar-refractivity contribution in [2.45, 2.75) is 18.8 Å². The molecule has 1 saturated heterocycles. The molecule has 1 aromatic carbocycles. The van der Waals surface area contributed by atoms with Crippen LogP contribution in [-0.4, -0.2) is 13.1 Å². The van der Waals surface area contributed by atoms with Crippen molar-refractivity contribution in [2.75, 3.05) is 13.1 Å². The number of rotatable bonds is 2. The summed E-state index contributed by atoms with van der Waals surface area (Å²) in [6.07, 6.45) is 3.80. The molecule has 2 aromatic rings. The molecule has 1 fully saturated rings. The second-order valence-electron chi connectivity index (χ2n) is 5.06. The summed E-state index contributed by atoms with van der Waals surface area (Å²) in [7, 11) is 0. The van der Waals surface area contributed by atoms with Gasteiger partial charge in [0, 0.05) is 17.5 Å². The average molecular weight is 291 g/mol. The first-order valence-corrected chi connectivity index (χ1v) is 6.84. The SMILES string of the molecule is Cl.[O-][n+]1cc(-c2ccccc2)ccc1C1CCNCC1. The van der Waals surface area contributed by atoms with Crippen LogP contribution >= 0.6 is 12.4 Å². The van der Waals surface area contributed by atoms with Gasteiger partial charge in [-0.1, -0.05) is 30.3 Å². The Kier molecular flexibility index (Phi) is 4.99. The van der Waals surface area contributed by atoms with Gasteiger partial charge in [-0.25, -0.2) is 0 Å². The van der Waals surface area contributed by atoms with Crippen LogP contribution in [0.1, 0.15) is 24.5 Å². The average Bonchev–Trinajstić information content (AvgIpc) is 2.49. The molecule has 0 bridgehead atoms. The molecule has 2 heterocycles. The Morgan fingerprint density at radius 3 is 2.30 bits per heavy atom. The van der Waals surface area contributed by atoms with Gasteiger partial charge in [-0.2, -0.15) is 4.73 Å². The number of nitrogens with zero attached hydrogens (tertiary/aromatic N) is 1. The highest BCUT2D eigenvalue weighted by atomic mass is 35.5. The fourth-order valence-corrected chi connectivity index (χ4v) is 2.73. The van der Waals surface area contributed by atoms with Crippen molar-refractivity contribution in [1.29, 1.82) is 0 Å². The Morgan fingerprint density at radius 1 is 0.950 bits per heavy atom. The summed E-state index contributed by atoms with van der Waals surface area (Å²) in [6, 6.07) is 14.1. The van der Waals surface area contributed by atoms with Gasteiger partial charge in [0.15, 0.2) is 11.9 Å². The lowest BCUT2D eigenvalue weighted by Gasteiger charge is -2.21. The lowest BCUT2D eigenvalue weighted by molar-refractivity contribution is -0.615. The zero-order valence-corrected chi connectivity index (χ0v) is 12.1. The molecule has 0 atom stereocenters. The van der Waals surface area contributed by atoms with E-state index in [2.05, 4.69) is 11.4 Å². The molecular weight excluding hydrogens is 272 g/mol. The molecule has 1 aliphatic rings. The minimum Gasteiger partial charge on any atom is -0.618 e. The Labute approximate surface area is 125 Å². The third-order valence-electron chi connectivity index (χ3n) is 3.81. The lowest BCUT2D eigenvalue weighted by Crippen LogP contribution is -2.37. The van der Waals surface area contributed by atoms with Gasteiger partial charge in [-0.3, -0.25) is 0 Å². The van der Waals surface area contributed by atoms with Gasteiger partial charge in [-0.05, 0) is 37.6 Å². The highest BCUT2D eigenvalue weighted by Crippen LogP contribution is 2.24. The Morgan fingerprint density at radius 2 is 1.65 bits per heavy atom. The van der Waals surface area contributed by atoms with Crippen molar-refractivity contribution in [1.82, 2.24) is 5.32 Å². The number of piperidine rings is 1. The smallest absolute Gasteiger partial charge is 0.195 e. The summed E-state index contributed by atoms with van der Waals surface area (Å²) in [5.41, 5.74) is 2.97. The number of hydrogen-bond acceptors (Lipinski definition) is 2. The number of pyridine rings is 1. The number of benzene rings is 1. The van der Waals surface area contributed by atoms with Crippen LogP contribution in [0.15, 0.2) is 48.7 Å². The van der Waals surface area contributed by atoms with E-state index in [1.807, 2.05) is 36.4 Å². The molecule has 3 nitrogen and oxygen atoms in total. The molecule has 1 N–H and O–H groups in total. The second-order valence-corrected chi connectivity index (χ2v) is 5.06. The molecule has 1 aliphatic heterocycles. The lowest BCUT2D eigenvalue weighted by atomic mass is 9.93. The van der Waals surface area contributed by atoms with Gasteiger partial charge in [0.2, 0.25) is 0 Å². The van der Waals surface area contributed by atoms with Crippen LogP contribution in [-0.2, 0) is 0 Å². The molecule has 20 heavy (non-hydrogen) atoms. The third kappa shape index (κ3) is 3.11. The van der Waals surface area contributed by atoms with E-state index < -0.39 is 0 Å². The quantitative estimate of drug-likeness (QED) is 0.682. The first-order valence-electron chi connectivity index (χ1n) is 6.84. The summed E-state index contributed by atoms with van der Waals surface area (Å²) in [4.78, 5) is 0. The van der Waals surface area contributed by atoms with Crippen LogP contribution in [0.5, 0.6) is 0 Å². The molecule has 0 aliphatic carbocycles. The summed E-state index contributed by atoms with van der Waals surface area (Å²) in [6.45, 7) is 2.01. The largest absolute Gasteiger partial charge is 0.618 e. The first kappa shape index (κ1) is 14.8. The predicted molar refractivity (Wildman–Crippen MR) is 82.9 cm³/mol. The maximum absolute atomic E-state index is 12.2. The second kappa shape index (κ2) is 6.73. The molecule has 0 unspecified atom stereocenters. The van der Waals surface area contributed by atoms with E-state index >= 15 is 0 Å². The monoisotopic (exact) mass is 290 g/mol. The maximum Gasteiger partial charge on any atom is 0.195 e. The van der Waals surface area contributed by atoms with E-state index in [1.165, 1.54) is 0 Å². The molecule has 0 radical (unpaired) electrons. The third-order valence-corrected chi connectivity index (χ3v) is 3.81. The highest BCUT2D eigenvalue weighted by Gasteiger charge is 2.22. The van der Waals surface area contributed by atoms with Crippen molar-refractivity contribution in [3.8, 4) is 11.1 Å². The van der Waals surface area contributed by atoms with Crippen LogP contribution < -0.4 is 10.0 Å². The van der Waals surface area contributed by atoms with Gasteiger partial charge < -0.3 is 10.5 Å². The van der Waals surface area contributed by atoms with Crippen LogP contribution in [0.3, 0.4) is 0 Å². The van der Waals surface area contributed by atoms with Crippen LogP contribution in [0.2, 0.25) is 0 Å². The number of nitrogens with one attached hydrogen (secondary N) is 1. The van der Waals surface area contributed by atoms with E-state index in [0.29, 0.717) is 5.92 Å².